The topological polar surface area (TPSA) is 44.9 Å². The Hall–Kier alpha value is -4.10. The van der Waals surface area contributed by atoms with E-state index in [1.807, 2.05) is 36.4 Å². The van der Waals surface area contributed by atoms with Crippen LogP contribution in [0.25, 0.3) is 16.5 Å². The molecule has 1 heterocycles. The lowest BCUT2D eigenvalue weighted by Gasteiger charge is -2.27. The summed E-state index contributed by atoms with van der Waals surface area (Å²) in [4.78, 5) is 17.3. The summed E-state index contributed by atoms with van der Waals surface area (Å²) in [5.74, 6) is -1.21. The molecule has 0 saturated heterocycles. The van der Waals surface area contributed by atoms with Crippen molar-refractivity contribution >= 4 is 29.0 Å². The second kappa shape index (κ2) is 14.9. The first-order chi connectivity index (χ1) is 19.6. The van der Waals surface area contributed by atoms with Gasteiger partial charge in [0.05, 0.1) is 6.57 Å². The number of rotatable bonds is 13. The van der Waals surface area contributed by atoms with E-state index in [-0.39, 0.29) is 5.70 Å². The Morgan fingerprint density at radius 2 is 1.50 bits per heavy atom. The molecule has 0 saturated carbocycles. The van der Waals surface area contributed by atoms with Gasteiger partial charge in [0.2, 0.25) is 0 Å². The lowest BCUT2D eigenvalue weighted by Crippen LogP contribution is -2.19. The molecule has 0 unspecified atom stereocenters. The molecule has 0 bridgehead atoms. The Morgan fingerprint density at radius 1 is 0.850 bits per heavy atom. The number of hydrogen-bond acceptors (Lipinski definition) is 2. The van der Waals surface area contributed by atoms with Crippen LogP contribution in [-0.4, -0.2) is 17.6 Å². The third-order valence-corrected chi connectivity index (χ3v) is 7.64. The molecule has 0 amide bonds. The van der Waals surface area contributed by atoms with Gasteiger partial charge in [-0.2, -0.15) is 0 Å². The van der Waals surface area contributed by atoms with Crippen molar-refractivity contribution in [2.24, 2.45) is 0 Å². The highest BCUT2D eigenvalue weighted by molar-refractivity contribution is 5.96. The van der Waals surface area contributed by atoms with Gasteiger partial charge in [0.15, 0.2) is 0 Å². The standard InChI is InChI=1S/C36H40N2O2/c1-3-4-5-6-7-8-9-15-24-38-34-19-14-13-18-30(34)21-22-31-25-28(20-23-35(31)38)26-32(27-33(37-2)36(39)40)29-16-11-10-12-17-29/h10-14,16-20,23,25-27H,3-9,15,21-22,24H2,1H3,(H,39,40)/b32-26+,33-27+. The lowest BCUT2D eigenvalue weighted by molar-refractivity contribution is -0.132. The van der Waals surface area contributed by atoms with E-state index in [1.165, 1.54) is 79.9 Å². The quantitative estimate of drug-likeness (QED) is 0.0784. The van der Waals surface area contributed by atoms with E-state index in [0.29, 0.717) is 5.57 Å². The highest BCUT2D eigenvalue weighted by Crippen LogP contribution is 2.37. The number of benzene rings is 3. The SMILES string of the molecule is [C-]#[N+]/C(=C/C(=C\c1ccc2c(c1)CCc1ccccc1N2CCCCCCCCCC)c1ccccc1)C(=O)O. The maximum absolute atomic E-state index is 11.6. The van der Waals surface area contributed by atoms with E-state index < -0.39 is 5.97 Å². The zero-order valence-corrected chi connectivity index (χ0v) is 23.6. The summed E-state index contributed by atoms with van der Waals surface area (Å²) >= 11 is 0. The summed E-state index contributed by atoms with van der Waals surface area (Å²) in [5.41, 5.74) is 7.54. The number of hydrogen-bond donors (Lipinski definition) is 1. The average Bonchev–Trinajstić information content (AvgIpc) is 3.13. The number of carbonyl (C=O) groups is 1. The summed E-state index contributed by atoms with van der Waals surface area (Å²) in [6.45, 7) is 10.6. The highest BCUT2D eigenvalue weighted by Gasteiger charge is 2.20. The number of aryl methyl sites for hydroxylation is 2. The third-order valence-electron chi connectivity index (χ3n) is 7.64. The minimum absolute atomic E-state index is 0.295. The van der Waals surface area contributed by atoms with Crippen molar-refractivity contribution in [2.75, 3.05) is 11.4 Å². The van der Waals surface area contributed by atoms with Gasteiger partial charge >= 0.3 is 5.97 Å². The lowest BCUT2D eigenvalue weighted by atomic mass is 9.98. The molecule has 4 rings (SSSR count). The Balaban J connectivity index is 1.61. The predicted molar refractivity (Wildman–Crippen MR) is 167 cm³/mol. The Bertz CT molecular complexity index is 1380. The van der Waals surface area contributed by atoms with Crippen LogP contribution in [0.2, 0.25) is 0 Å². The van der Waals surface area contributed by atoms with Crippen LogP contribution in [0, 0.1) is 6.57 Å². The molecule has 1 aliphatic rings. The predicted octanol–water partition coefficient (Wildman–Crippen LogP) is 9.49. The zero-order chi connectivity index (χ0) is 28.2. The molecule has 1 aliphatic heterocycles. The second-order valence-electron chi connectivity index (χ2n) is 10.6. The fourth-order valence-corrected chi connectivity index (χ4v) is 5.50. The molecule has 0 spiro atoms. The smallest absolute Gasteiger partial charge is 0.333 e. The molecule has 40 heavy (non-hydrogen) atoms. The van der Waals surface area contributed by atoms with E-state index in [0.717, 1.165) is 30.5 Å². The molecule has 0 atom stereocenters. The van der Waals surface area contributed by atoms with E-state index in [4.69, 9.17) is 6.57 Å². The van der Waals surface area contributed by atoms with Crippen LogP contribution in [0.5, 0.6) is 0 Å². The van der Waals surface area contributed by atoms with Crippen molar-refractivity contribution in [3.63, 3.8) is 0 Å². The van der Waals surface area contributed by atoms with Gasteiger partial charge in [-0.3, -0.25) is 4.79 Å². The van der Waals surface area contributed by atoms with E-state index >= 15 is 0 Å². The summed E-state index contributed by atoms with van der Waals surface area (Å²) in [6, 6.07) is 25.0. The van der Waals surface area contributed by atoms with Crippen LogP contribution in [0.15, 0.2) is 84.6 Å². The van der Waals surface area contributed by atoms with Gasteiger partial charge in [-0.1, -0.05) is 106 Å². The summed E-state index contributed by atoms with van der Waals surface area (Å²) in [7, 11) is 0. The van der Waals surface area contributed by atoms with Crippen LogP contribution in [0.3, 0.4) is 0 Å². The molecule has 0 aliphatic carbocycles. The first-order valence-corrected chi connectivity index (χ1v) is 14.7. The molecule has 0 radical (unpaired) electrons. The van der Waals surface area contributed by atoms with E-state index in [2.05, 4.69) is 59.1 Å². The third kappa shape index (κ3) is 7.73. The van der Waals surface area contributed by atoms with Crippen molar-refractivity contribution in [2.45, 2.75) is 71.1 Å². The molecule has 0 aromatic heterocycles. The van der Waals surface area contributed by atoms with Crippen molar-refractivity contribution < 1.29 is 9.90 Å². The maximum Gasteiger partial charge on any atom is 0.333 e. The number of anilines is 2. The number of allylic oxidation sites excluding steroid dienone is 2. The first-order valence-electron chi connectivity index (χ1n) is 14.7. The normalized spacial score (nSPS) is 13.2. The molecule has 0 fully saturated rings. The van der Waals surface area contributed by atoms with Gasteiger partial charge in [-0.25, -0.2) is 4.85 Å². The van der Waals surface area contributed by atoms with E-state index in [9.17, 15) is 9.90 Å². The highest BCUT2D eigenvalue weighted by atomic mass is 16.4. The van der Waals surface area contributed by atoms with Gasteiger partial charge in [-0.15, -0.1) is 0 Å². The Labute approximate surface area is 239 Å². The molecular formula is C36H40N2O2. The second-order valence-corrected chi connectivity index (χ2v) is 10.6. The fourth-order valence-electron chi connectivity index (χ4n) is 5.50. The van der Waals surface area contributed by atoms with Crippen LogP contribution < -0.4 is 4.90 Å². The first kappa shape index (κ1) is 28.9. The van der Waals surface area contributed by atoms with Gasteiger partial charge in [0.1, 0.15) is 0 Å². The van der Waals surface area contributed by atoms with Crippen LogP contribution >= 0.6 is 0 Å². The average molecular weight is 533 g/mol. The maximum atomic E-state index is 11.6. The van der Waals surface area contributed by atoms with Gasteiger partial charge in [0.25, 0.3) is 5.70 Å². The molecule has 3 aromatic carbocycles. The van der Waals surface area contributed by atoms with Gasteiger partial charge in [0, 0.05) is 17.9 Å². The molecule has 4 heteroatoms. The number of para-hydroxylation sites is 1. The number of carboxylic acids is 1. The monoisotopic (exact) mass is 532 g/mol. The zero-order valence-electron chi connectivity index (χ0n) is 23.6. The van der Waals surface area contributed by atoms with Gasteiger partial charge < -0.3 is 10.0 Å². The largest absolute Gasteiger partial charge is 0.486 e. The number of fused-ring (bicyclic) bond motifs is 2. The van der Waals surface area contributed by atoms with E-state index in [1.54, 1.807) is 0 Å². The molecule has 3 aromatic rings. The van der Waals surface area contributed by atoms with Crippen LogP contribution in [0.1, 0.15) is 80.5 Å². The molecule has 1 N–H and O–H groups in total. The molecular weight excluding hydrogens is 492 g/mol. The Kier molecular flexibility index (Phi) is 10.8. The number of nitrogens with zero attached hydrogens (tertiary/aromatic N) is 2. The number of aliphatic carboxylic acids is 1. The summed E-state index contributed by atoms with van der Waals surface area (Å²) < 4.78 is 0. The van der Waals surface area contributed by atoms with Crippen molar-refractivity contribution in [3.8, 4) is 0 Å². The minimum atomic E-state index is -1.21. The van der Waals surface area contributed by atoms with Gasteiger partial charge in [-0.05, 0) is 77.4 Å². The van der Waals surface area contributed by atoms with Crippen molar-refractivity contribution in [1.82, 2.24) is 0 Å². The van der Waals surface area contributed by atoms with Crippen LogP contribution in [-0.2, 0) is 17.6 Å². The fraction of sp³-hybridized carbons (Fsp3) is 0.333. The van der Waals surface area contributed by atoms with Crippen molar-refractivity contribution in [3.05, 3.63) is 118 Å². The summed E-state index contributed by atoms with van der Waals surface area (Å²) in [6.07, 6.45) is 15.8. The molecule has 206 valence electrons. The number of unbranched alkanes of at least 4 members (excludes halogenated alkanes) is 7. The Morgan fingerprint density at radius 3 is 2.23 bits per heavy atom. The minimum Gasteiger partial charge on any atom is -0.486 e. The number of carboxylic acid groups (broad SMARTS) is 1. The van der Waals surface area contributed by atoms with Crippen molar-refractivity contribution in [1.29, 1.82) is 0 Å². The molecule has 4 nitrogen and oxygen atoms in total. The van der Waals surface area contributed by atoms with Crippen LogP contribution in [0.4, 0.5) is 11.4 Å². The summed E-state index contributed by atoms with van der Waals surface area (Å²) in [5, 5.41) is 9.48.